The molecule has 0 aromatic rings. The predicted octanol–water partition coefficient (Wildman–Crippen LogP) is 1.42. The summed E-state index contributed by atoms with van der Waals surface area (Å²) in [5, 5.41) is 0. The predicted molar refractivity (Wildman–Crippen MR) is 53.9 cm³/mol. The lowest BCUT2D eigenvalue weighted by atomic mass is 10.2. The van der Waals surface area contributed by atoms with Gasteiger partial charge in [0.25, 0.3) is 0 Å². The van der Waals surface area contributed by atoms with Crippen LogP contribution < -0.4 is 5.73 Å². The fraction of sp³-hybridized carbons (Fsp3) is 0.500. The summed E-state index contributed by atoms with van der Waals surface area (Å²) in [6, 6.07) is 0. The molecule has 0 aliphatic carbocycles. The van der Waals surface area contributed by atoms with Crippen molar-refractivity contribution in [2.75, 3.05) is 0 Å². The number of carbonyl (C=O) groups is 1. The van der Waals surface area contributed by atoms with Crippen LogP contribution in [0.15, 0.2) is 13.2 Å². The number of nitrogens with two attached hydrogens (primary N) is 1. The molecule has 0 fully saturated rings. The number of carbonyl (C=O) groups excluding carboxylic acids is 1. The fourth-order valence-corrected chi connectivity index (χ4v) is 0.370. The Morgan fingerprint density at radius 1 is 1.42 bits per heavy atom. The van der Waals surface area contributed by atoms with Gasteiger partial charge < -0.3 is 10.5 Å². The Labute approximate surface area is 78.6 Å². The molecule has 0 amide bonds. The van der Waals surface area contributed by atoms with E-state index in [1.165, 1.54) is 0 Å². The van der Waals surface area contributed by atoms with E-state index in [0.29, 0.717) is 0 Å². The van der Waals surface area contributed by atoms with Gasteiger partial charge in [-0.25, -0.2) is 4.79 Å². The van der Waals surface area contributed by atoms with Crippen LogP contribution in [0.2, 0.25) is 0 Å². The first kappa shape index (κ1) is 13.7. The lowest BCUT2D eigenvalue weighted by Gasteiger charge is -2.18. The maximum atomic E-state index is 10.7. The summed E-state index contributed by atoms with van der Waals surface area (Å²) in [5.74, 6) is -0.623. The molecule has 0 rings (SSSR count). The highest BCUT2D eigenvalue weighted by Gasteiger charge is 2.17. The molecule has 0 unspecified atom stereocenters. The second kappa shape index (κ2) is 5.71. The lowest BCUT2D eigenvalue weighted by Crippen LogP contribution is -2.31. The van der Waals surface area contributed by atoms with Crippen molar-refractivity contribution in [2.24, 2.45) is 5.73 Å². The minimum atomic E-state index is -0.623. The molecule has 0 aliphatic rings. The lowest BCUT2D eigenvalue weighted by molar-refractivity contribution is -0.145. The molecule has 0 atom stereocenters. The summed E-state index contributed by atoms with van der Waals surface area (Å²) >= 11 is 4.39. The zero-order chi connectivity index (χ0) is 10.4. The molecular weight excluding hydrogens is 174 g/mol. The van der Waals surface area contributed by atoms with Crippen molar-refractivity contribution < 1.29 is 9.53 Å². The molecule has 12 heavy (non-hydrogen) atoms. The Kier molecular flexibility index (Phi) is 6.51. The Morgan fingerprint density at radius 2 is 1.75 bits per heavy atom. The van der Waals surface area contributed by atoms with E-state index in [-0.39, 0.29) is 4.99 Å². The normalized spacial score (nSPS) is 9.25. The largest absolute Gasteiger partial charge is 0.455 e. The molecule has 0 spiro atoms. The van der Waals surface area contributed by atoms with E-state index in [4.69, 9.17) is 10.5 Å². The monoisotopic (exact) mass is 189 g/mol. The number of esters is 1. The molecule has 3 nitrogen and oxygen atoms in total. The van der Waals surface area contributed by atoms with E-state index in [1.54, 1.807) is 20.8 Å². The second-order valence-electron chi connectivity index (χ2n) is 2.87. The van der Waals surface area contributed by atoms with Gasteiger partial charge in [0, 0.05) is 0 Å². The Morgan fingerprint density at radius 3 is 1.83 bits per heavy atom. The standard InChI is InChI=1S/C6H11NO2S.C2H4/c1-6(2,3)9-5(8)4(7)10;1-2/h1-3H3,(H2,7,10);1-2H2. The van der Waals surface area contributed by atoms with Gasteiger partial charge in [-0.15, -0.1) is 13.2 Å². The van der Waals surface area contributed by atoms with Crippen LogP contribution in [-0.2, 0) is 9.53 Å². The van der Waals surface area contributed by atoms with Crippen LogP contribution in [0.25, 0.3) is 0 Å². The van der Waals surface area contributed by atoms with Gasteiger partial charge in [-0.1, -0.05) is 12.2 Å². The highest BCUT2D eigenvalue weighted by molar-refractivity contribution is 7.81. The van der Waals surface area contributed by atoms with Crippen molar-refractivity contribution in [3.8, 4) is 0 Å². The zero-order valence-electron chi connectivity index (χ0n) is 7.72. The van der Waals surface area contributed by atoms with Crippen molar-refractivity contribution in [2.45, 2.75) is 26.4 Å². The smallest absolute Gasteiger partial charge is 0.366 e. The third-order valence-corrected chi connectivity index (χ3v) is 0.767. The number of ether oxygens (including phenoxy) is 1. The molecule has 0 saturated carbocycles. The van der Waals surface area contributed by atoms with Gasteiger partial charge in [0.15, 0.2) is 4.99 Å². The summed E-state index contributed by atoms with van der Waals surface area (Å²) in [5.41, 5.74) is 4.49. The fourth-order valence-electron chi connectivity index (χ4n) is 0.328. The van der Waals surface area contributed by atoms with Crippen LogP contribution in [-0.4, -0.2) is 16.6 Å². The van der Waals surface area contributed by atoms with E-state index < -0.39 is 11.6 Å². The number of thiocarbonyl (C=S) groups is 1. The number of hydrogen-bond donors (Lipinski definition) is 1. The van der Waals surface area contributed by atoms with Crippen LogP contribution in [0, 0.1) is 0 Å². The maximum absolute atomic E-state index is 10.7. The molecule has 0 saturated heterocycles. The van der Waals surface area contributed by atoms with Crippen molar-refractivity contribution in [1.82, 2.24) is 0 Å². The average molecular weight is 189 g/mol. The first-order valence-electron chi connectivity index (χ1n) is 3.36. The Balaban J connectivity index is 0. The van der Waals surface area contributed by atoms with Crippen LogP contribution in [0.4, 0.5) is 0 Å². The SMILES string of the molecule is C=C.CC(C)(C)OC(=O)C(N)=S. The van der Waals surface area contributed by atoms with Crippen LogP contribution in [0.1, 0.15) is 20.8 Å². The van der Waals surface area contributed by atoms with Gasteiger partial charge >= 0.3 is 5.97 Å². The van der Waals surface area contributed by atoms with Crippen molar-refractivity contribution in [1.29, 1.82) is 0 Å². The van der Waals surface area contributed by atoms with E-state index in [2.05, 4.69) is 25.4 Å². The van der Waals surface area contributed by atoms with Gasteiger partial charge in [0.05, 0.1) is 0 Å². The minimum absolute atomic E-state index is 0.227. The topological polar surface area (TPSA) is 52.3 Å². The molecule has 0 aromatic heterocycles. The molecule has 0 radical (unpaired) electrons. The third kappa shape index (κ3) is 9.10. The number of hydrogen-bond acceptors (Lipinski definition) is 3. The Bertz CT molecular complexity index is 172. The van der Waals surface area contributed by atoms with Gasteiger partial charge in [0.2, 0.25) is 0 Å². The first-order valence-corrected chi connectivity index (χ1v) is 3.76. The van der Waals surface area contributed by atoms with Gasteiger partial charge in [-0.05, 0) is 20.8 Å². The van der Waals surface area contributed by atoms with E-state index >= 15 is 0 Å². The molecule has 0 bridgehead atoms. The van der Waals surface area contributed by atoms with E-state index in [0.717, 1.165) is 0 Å². The van der Waals surface area contributed by atoms with Gasteiger partial charge in [0.1, 0.15) is 5.60 Å². The highest BCUT2D eigenvalue weighted by Crippen LogP contribution is 2.06. The summed E-state index contributed by atoms with van der Waals surface area (Å²) < 4.78 is 4.79. The summed E-state index contributed by atoms with van der Waals surface area (Å²) in [6.45, 7) is 11.3. The van der Waals surface area contributed by atoms with Crippen LogP contribution in [0.5, 0.6) is 0 Å². The summed E-state index contributed by atoms with van der Waals surface area (Å²) in [6.07, 6.45) is 0. The second-order valence-corrected chi connectivity index (χ2v) is 3.31. The van der Waals surface area contributed by atoms with Crippen molar-refractivity contribution in [3.05, 3.63) is 13.2 Å². The first-order chi connectivity index (χ1) is 5.33. The Hall–Kier alpha value is -0.900. The highest BCUT2D eigenvalue weighted by atomic mass is 32.1. The van der Waals surface area contributed by atoms with Crippen LogP contribution in [0.3, 0.4) is 0 Å². The molecule has 0 heterocycles. The zero-order valence-corrected chi connectivity index (χ0v) is 8.53. The van der Waals surface area contributed by atoms with Crippen molar-refractivity contribution >= 4 is 23.2 Å². The third-order valence-electron chi connectivity index (χ3n) is 0.600. The maximum Gasteiger partial charge on any atom is 0.366 e. The van der Waals surface area contributed by atoms with Crippen molar-refractivity contribution in [3.63, 3.8) is 0 Å². The summed E-state index contributed by atoms with van der Waals surface area (Å²) in [4.78, 5) is 10.4. The molecule has 0 aromatic carbocycles. The molecule has 2 N–H and O–H groups in total. The van der Waals surface area contributed by atoms with Crippen LogP contribution >= 0.6 is 12.2 Å². The van der Waals surface area contributed by atoms with Gasteiger partial charge in [-0.3, -0.25) is 0 Å². The average Bonchev–Trinajstić information content (AvgIpc) is 1.88. The minimum Gasteiger partial charge on any atom is -0.455 e. The molecule has 0 aliphatic heterocycles. The molecular formula is C8H15NO2S. The van der Waals surface area contributed by atoms with E-state index in [9.17, 15) is 4.79 Å². The molecule has 4 heteroatoms. The quantitative estimate of drug-likeness (QED) is 0.356. The number of rotatable bonds is 0. The van der Waals surface area contributed by atoms with E-state index in [1.807, 2.05) is 0 Å². The summed E-state index contributed by atoms with van der Waals surface area (Å²) in [7, 11) is 0. The molecule has 70 valence electrons. The van der Waals surface area contributed by atoms with Gasteiger partial charge in [-0.2, -0.15) is 0 Å².